The average Bonchev–Trinajstić information content (AvgIpc) is 2.86. The fraction of sp³-hybridized carbons (Fsp3) is 0.417. The second kappa shape index (κ2) is 4.18. The quantitative estimate of drug-likeness (QED) is 0.830. The van der Waals surface area contributed by atoms with Crippen LogP contribution in [0.4, 0.5) is 0 Å². The summed E-state index contributed by atoms with van der Waals surface area (Å²) in [5, 5.41) is 4.70. The molecule has 16 heavy (non-hydrogen) atoms. The lowest BCUT2D eigenvalue weighted by atomic mass is 10.1. The van der Waals surface area contributed by atoms with Crippen molar-refractivity contribution in [3.05, 3.63) is 28.5 Å². The van der Waals surface area contributed by atoms with Crippen molar-refractivity contribution < 1.29 is 0 Å². The van der Waals surface area contributed by atoms with Gasteiger partial charge in [0.1, 0.15) is 10.3 Å². The first-order valence-corrected chi connectivity index (χ1v) is 6.48. The Morgan fingerprint density at radius 1 is 1.44 bits per heavy atom. The van der Waals surface area contributed by atoms with Gasteiger partial charge in [0.15, 0.2) is 0 Å². The lowest BCUT2D eigenvalue weighted by molar-refractivity contribution is 0.597. The van der Waals surface area contributed by atoms with Gasteiger partial charge in [0.25, 0.3) is 0 Å². The Morgan fingerprint density at radius 2 is 2.38 bits per heavy atom. The van der Waals surface area contributed by atoms with E-state index in [2.05, 4.69) is 43.3 Å². The minimum atomic E-state index is 0.636. The molecule has 1 atom stereocenters. The van der Waals surface area contributed by atoms with E-state index in [1.807, 2.05) is 6.07 Å². The second-order valence-electron chi connectivity index (χ2n) is 4.36. The van der Waals surface area contributed by atoms with Gasteiger partial charge in [-0.1, -0.05) is 0 Å². The molecule has 3 heterocycles. The Labute approximate surface area is 103 Å². The normalized spacial score (nSPS) is 20.7. The number of pyridine rings is 1. The summed E-state index contributed by atoms with van der Waals surface area (Å²) in [6, 6.07) is 6.91. The number of rotatable bonds is 2. The number of nitrogens with zero attached hydrogens (tertiary/aromatic N) is 1. The van der Waals surface area contributed by atoms with E-state index in [0.717, 1.165) is 23.2 Å². The van der Waals surface area contributed by atoms with E-state index in [1.54, 1.807) is 0 Å². The van der Waals surface area contributed by atoms with Gasteiger partial charge in [0.2, 0.25) is 0 Å². The Hall–Kier alpha value is -0.870. The van der Waals surface area contributed by atoms with Crippen LogP contribution in [-0.2, 0) is 6.42 Å². The Balaban J connectivity index is 1.86. The molecule has 0 unspecified atom stereocenters. The molecule has 3 rings (SSSR count). The molecule has 2 aromatic rings. The van der Waals surface area contributed by atoms with Gasteiger partial charge in [-0.25, -0.2) is 4.98 Å². The first-order valence-electron chi connectivity index (χ1n) is 5.69. The molecule has 1 aliphatic rings. The molecule has 3 nitrogen and oxygen atoms in total. The smallest absolute Gasteiger partial charge is 0.138 e. The Morgan fingerprint density at radius 3 is 3.19 bits per heavy atom. The minimum absolute atomic E-state index is 0.636. The third kappa shape index (κ3) is 1.99. The fourth-order valence-electron chi connectivity index (χ4n) is 2.34. The van der Waals surface area contributed by atoms with Gasteiger partial charge in [-0.05, 0) is 53.5 Å². The summed E-state index contributed by atoms with van der Waals surface area (Å²) in [4.78, 5) is 7.79. The van der Waals surface area contributed by atoms with Crippen LogP contribution in [0.25, 0.3) is 11.0 Å². The van der Waals surface area contributed by atoms with Crippen molar-refractivity contribution in [2.45, 2.75) is 25.3 Å². The highest BCUT2D eigenvalue weighted by molar-refractivity contribution is 9.10. The van der Waals surface area contributed by atoms with Crippen molar-refractivity contribution in [2.75, 3.05) is 6.54 Å². The Bertz CT molecular complexity index is 500. The van der Waals surface area contributed by atoms with Crippen LogP contribution in [0.3, 0.4) is 0 Å². The summed E-state index contributed by atoms with van der Waals surface area (Å²) >= 11 is 3.39. The zero-order valence-corrected chi connectivity index (χ0v) is 10.5. The third-order valence-corrected chi connectivity index (χ3v) is 3.57. The van der Waals surface area contributed by atoms with Crippen LogP contribution < -0.4 is 5.32 Å². The van der Waals surface area contributed by atoms with Crippen LogP contribution in [0.15, 0.2) is 22.8 Å². The van der Waals surface area contributed by atoms with E-state index < -0.39 is 0 Å². The number of aromatic nitrogens is 2. The number of nitrogens with one attached hydrogen (secondary N) is 2. The maximum atomic E-state index is 4.41. The zero-order valence-electron chi connectivity index (χ0n) is 8.96. The molecule has 0 radical (unpaired) electrons. The number of halogens is 1. The molecule has 0 aromatic carbocycles. The van der Waals surface area contributed by atoms with Crippen LogP contribution >= 0.6 is 15.9 Å². The molecule has 0 amide bonds. The van der Waals surface area contributed by atoms with E-state index >= 15 is 0 Å². The predicted molar refractivity (Wildman–Crippen MR) is 68.5 cm³/mol. The number of hydrogen-bond donors (Lipinski definition) is 2. The number of H-pyrrole nitrogens is 1. The lowest BCUT2D eigenvalue weighted by Gasteiger charge is -2.07. The molecule has 0 bridgehead atoms. The van der Waals surface area contributed by atoms with Crippen molar-refractivity contribution in [1.82, 2.24) is 15.3 Å². The summed E-state index contributed by atoms with van der Waals surface area (Å²) in [7, 11) is 0. The summed E-state index contributed by atoms with van der Waals surface area (Å²) in [5.41, 5.74) is 2.25. The van der Waals surface area contributed by atoms with Gasteiger partial charge in [0.05, 0.1) is 0 Å². The number of fused-ring (bicyclic) bond motifs is 1. The molecule has 2 aromatic heterocycles. The van der Waals surface area contributed by atoms with Gasteiger partial charge < -0.3 is 10.3 Å². The van der Waals surface area contributed by atoms with Gasteiger partial charge in [0, 0.05) is 23.5 Å². The maximum absolute atomic E-state index is 4.41. The van der Waals surface area contributed by atoms with Crippen molar-refractivity contribution in [2.24, 2.45) is 0 Å². The summed E-state index contributed by atoms with van der Waals surface area (Å²) in [6.07, 6.45) is 3.66. The van der Waals surface area contributed by atoms with E-state index in [0.29, 0.717) is 6.04 Å². The average molecular weight is 280 g/mol. The van der Waals surface area contributed by atoms with Crippen molar-refractivity contribution in [1.29, 1.82) is 0 Å². The van der Waals surface area contributed by atoms with Crippen molar-refractivity contribution in [3.63, 3.8) is 0 Å². The molecule has 84 valence electrons. The van der Waals surface area contributed by atoms with Crippen molar-refractivity contribution in [3.8, 4) is 0 Å². The summed E-state index contributed by atoms with van der Waals surface area (Å²) in [5.74, 6) is 0. The van der Waals surface area contributed by atoms with Gasteiger partial charge in [-0.15, -0.1) is 0 Å². The molecule has 2 N–H and O–H groups in total. The van der Waals surface area contributed by atoms with Crippen LogP contribution in [-0.4, -0.2) is 22.6 Å². The highest BCUT2D eigenvalue weighted by atomic mass is 79.9. The molecule has 0 aliphatic carbocycles. The highest BCUT2D eigenvalue weighted by Crippen LogP contribution is 2.19. The van der Waals surface area contributed by atoms with E-state index in [-0.39, 0.29) is 0 Å². The molecule has 1 aliphatic heterocycles. The van der Waals surface area contributed by atoms with E-state index in [1.165, 1.54) is 23.9 Å². The molecule has 4 heteroatoms. The molecular formula is C12H14BrN3. The Kier molecular flexibility index (Phi) is 2.69. The van der Waals surface area contributed by atoms with Crippen LogP contribution in [0.1, 0.15) is 18.5 Å². The summed E-state index contributed by atoms with van der Waals surface area (Å²) in [6.45, 7) is 1.16. The maximum Gasteiger partial charge on any atom is 0.138 e. The van der Waals surface area contributed by atoms with E-state index in [4.69, 9.17) is 0 Å². The topological polar surface area (TPSA) is 40.7 Å². The van der Waals surface area contributed by atoms with Crippen molar-refractivity contribution >= 4 is 27.0 Å². The molecule has 1 fully saturated rings. The van der Waals surface area contributed by atoms with Crippen LogP contribution in [0.2, 0.25) is 0 Å². The first-order chi connectivity index (χ1) is 7.81. The number of hydrogen-bond acceptors (Lipinski definition) is 2. The molecule has 1 saturated heterocycles. The molecule has 0 spiro atoms. The second-order valence-corrected chi connectivity index (χ2v) is 5.18. The van der Waals surface area contributed by atoms with Crippen LogP contribution in [0.5, 0.6) is 0 Å². The van der Waals surface area contributed by atoms with Gasteiger partial charge >= 0.3 is 0 Å². The molecular weight excluding hydrogens is 266 g/mol. The fourth-order valence-corrected chi connectivity index (χ4v) is 2.65. The number of aromatic amines is 1. The first kappa shape index (κ1) is 10.3. The predicted octanol–water partition coefficient (Wildman–Crippen LogP) is 2.62. The largest absolute Gasteiger partial charge is 0.343 e. The van der Waals surface area contributed by atoms with Gasteiger partial charge in [-0.2, -0.15) is 0 Å². The summed E-state index contributed by atoms with van der Waals surface area (Å²) < 4.78 is 0.882. The SMILES string of the molecule is Brc1ccc2cc(C[C@H]3CCCN3)[nH]c2n1. The van der Waals surface area contributed by atoms with Crippen LogP contribution in [0, 0.1) is 0 Å². The minimum Gasteiger partial charge on any atom is -0.343 e. The monoisotopic (exact) mass is 279 g/mol. The lowest BCUT2D eigenvalue weighted by Crippen LogP contribution is -2.23. The third-order valence-electron chi connectivity index (χ3n) is 3.13. The zero-order chi connectivity index (χ0) is 11.0. The highest BCUT2D eigenvalue weighted by Gasteiger charge is 2.15. The van der Waals surface area contributed by atoms with E-state index in [9.17, 15) is 0 Å². The van der Waals surface area contributed by atoms with Gasteiger partial charge in [-0.3, -0.25) is 0 Å². The molecule has 0 saturated carbocycles. The standard InChI is InChI=1S/C12H14BrN3/c13-11-4-3-8-6-10(15-12(8)16-11)7-9-2-1-5-14-9/h3-4,6,9,14H,1-2,5,7H2,(H,15,16)/t9-/m1/s1.